The van der Waals surface area contributed by atoms with Gasteiger partial charge in [0.15, 0.2) is 0 Å². The molecule has 1 atom stereocenters. The van der Waals surface area contributed by atoms with E-state index in [1.54, 1.807) is 12.0 Å². The molecule has 178 valence electrons. The van der Waals surface area contributed by atoms with Crippen LogP contribution in [0, 0.1) is 0 Å². The Bertz CT molecular complexity index is 892. The van der Waals surface area contributed by atoms with E-state index >= 15 is 0 Å². The number of carbonyl (C=O) groups is 1. The van der Waals surface area contributed by atoms with Crippen LogP contribution in [0.5, 0.6) is 5.75 Å². The van der Waals surface area contributed by atoms with Crippen molar-refractivity contribution in [3.63, 3.8) is 0 Å². The normalized spacial score (nSPS) is 17.9. The Balaban J connectivity index is 1.28. The van der Waals surface area contributed by atoms with Crippen molar-refractivity contribution < 1.29 is 23.7 Å². The van der Waals surface area contributed by atoms with Crippen molar-refractivity contribution in [3.8, 4) is 5.75 Å². The first-order chi connectivity index (χ1) is 16.2. The monoisotopic (exact) mass is 454 g/mol. The van der Waals surface area contributed by atoms with E-state index in [-0.39, 0.29) is 12.2 Å². The van der Waals surface area contributed by atoms with Gasteiger partial charge in [-0.05, 0) is 42.5 Å². The van der Waals surface area contributed by atoms with Gasteiger partial charge < -0.3 is 28.7 Å². The highest BCUT2D eigenvalue weighted by Crippen LogP contribution is 2.33. The van der Waals surface area contributed by atoms with E-state index in [2.05, 4.69) is 17.0 Å². The summed E-state index contributed by atoms with van der Waals surface area (Å²) in [6.45, 7) is 5.35. The lowest BCUT2D eigenvalue weighted by atomic mass is 10.1. The molecule has 0 radical (unpaired) electrons. The van der Waals surface area contributed by atoms with Crippen LogP contribution in [0.3, 0.4) is 0 Å². The molecule has 4 rings (SSSR count). The Morgan fingerprint density at radius 3 is 2.82 bits per heavy atom. The third-order valence-electron chi connectivity index (χ3n) is 6.09. The van der Waals surface area contributed by atoms with Gasteiger partial charge in [-0.15, -0.1) is 0 Å². The van der Waals surface area contributed by atoms with Crippen LogP contribution in [-0.4, -0.2) is 63.6 Å². The fourth-order valence-electron chi connectivity index (χ4n) is 4.30. The molecule has 1 amide bonds. The Morgan fingerprint density at radius 2 is 1.97 bits per heavy atom. The number of piperidine rings is 1. The van der Waals surface area contributed by atoms with Crippen molar-refractivity contribution in [1.82, 2.24) is 4.90 Å². The van der Waals surface area contributed by atoms with Crippen molar-refractivity contribution in [3.05, 3.63) is 59.7 Å². The molecule has 0 bridgehead atoms. The Labute approximate surface area is 196 Å². The maximum atomic E-state index is 12.5. The number of amides is 1. The molecule has 0 aliphatic carbocycles. The largest absolute Gasteiger partial charge is 0.490 e. The predicted molar refractivity (Wildman–Crippen MR) is 127 cm³/mol. The molecule has 33 heavy (non-hydrogen) atoms. The summed E-state index contributed by atoms with van der Waals surface area (Å²) in [5.74, 6) is 0.924. The minimum Gasteiger partial charge on any atom is -0.490 e. The number of carbonyl (C=O) groups excluding carboxylic acids is 1. The number of anilines is 1. The van der Waals surface area contributed by atoms with Crippen LogP contribution in [0.15, 0.2) is 48.5 Å². The van der Waals surface area contributed by atoms with Crippen molar-refractivity contribution >= 4 is 11.8 Å². The standard InChI is InChI=1S/C26H34N2O5/c1-30-15-6-13-27-14-16-31-25-11-10-22(17-24(25)27)20-32-23-9-5-12-28(18-23)26(29)33-19-21-7-3-2-4-8-21/h2-4,7-8,10-11,17,23H,5-6,9,12-16,18-20H2,1H3. The fourth-order valence-corrected chi connectivity index (χ4v) is 4.30. The summed E-state index contributed by atoms with van der Waals surface area (Å²) in [6, 6.07) is 16.0. The number of fused-ring (bicyclic) bond motifs is 1. The molecule has 0 saturated carbocycles. The average molecular weight is 455 g/mol. The summed E-state index contributed by atoms with van der Waals surface area (Å²) < 4.78 is 22.7. The Morgan fingerprint density at radius 1 is 1.09 bits per heavy atom. The van der Waals surface area contributed by atoms with Crippen LogP contribution in [0.1, 0.15) is 30.4 Å². The predicted octanol–water partition coefficient (Wildman–Crippen LogP) is 4.24. The molecule has 2 aromatic rings. The number of hydrogen-bond donors (Lipinski definition) is 0. The molecule has 7 heteroatoms. The molecule has 1 saturated heterocycles. The SMILES string of the molecule is COCCCN1CCOc2ccc(COC3CCCN(C(=O)OCc4ccccc4)C3)cc21. The van der Waals surface area contributed by atoms with Crippen molar-refractivity contribution in [2.45, 2.75) is 38.6 Å². The smallest absolute Gasteiger partial charge is 0.410 e. The van der Waals surface area contributed by atoms with Gasteiger partial charge in [0.2, 0.25) is 0 Å². The van der Waals surface area contributed by atoms with E-state index in [0.717, 1.165) is 61.5 Å². The lowest BCUT2D eigenvalue weighted by Crippen LogP contribution is -2.43. The zero-order valence-electron chi connectivity index (χ0n) is 19.4. The van der Waals surface area contributed by atoms with Crippen LogP contribution in [-0.2, 0) is 27.4 Å². The first-order valence-electron chi connectivity index (χ1n) is 11.8. The molecule has 1 fully saturated rings. The molecule has 2 aromatic carbocycles. The molecule has 0 spiro atoms. The van der Waals surface area contributed by atoms with Crippen LogP contribution >= 0.6 is 0 Å². The van der Waals surface area contributed by atoms with Gasteiger partial charge in [0, 0.05) is 26.8 Å². The lowest BCUT2D eigenvalue weighted by molar-refractivity contribution is -0.0116. The third-order valence-corrected chi connectivity index (χ3v) is 6.09. The highest BCUT2D eigenvalue weighted by Gasteiger charge is 2.25. The molecule has 2 aliphatic heterocycles. The summed E-state index contributed by atoms with van der Waals surface area (Å²) >= 11 is 0. The molecule has 0 N–H and O–H groups in total. The van der Waals surface area contributed by atoms with Gasteiger partial charge in [-0.3, -0.25) is 0 Å². The molecule has 2 heterocycles. The molecule has 2 aliphatic rings. The van der Waals surface area contributed by atoms with E-state index in [0.29, 0.717) is 32.9 Å². The van der Waals surface area contributed by atoms with E-state index in [4.69, 9.17) is 18.9 Å². The second-order valence-electron chi connectivity index (χ2n) is 8.55. The summed E-state index contributed by atoms with van der Waals surface area (Å²) in [5.41, 5.74) is 3.22. The van der Waals surface area contributed by atoms with Gasteiger partial charge in [0.05, 0.1) is 31.5 Å². The molecule has 1 unspecified atom stereocenters. The number of hydrogen-bond acceptors (Lipinski definition) is 6. The van der Waals surface area contributed by atoms with Gasteiger partial charge in [-0.1, -0.05) is 36.4 Å². The fraction of sp³-hybridized carbons (Fsp3) is 0.500. The van der Waals surface area contributed by atoms with Crippen LogP contribution < -0.4 is 9.64 Å². The lowest BCUT2D eigenvalue weighted by Gasteiger charge is -2.33. The molecular weight excluding hydrogens is 420 g/mol. The topological polar surface area (TPSA) is 60.5 Å². The second-order valence-corrected chi connectivity index (χ2v) is 8.55. The summed E-state index contributed by atoms with van der Waals surface area (Å²) in [7, 11) is 1.73. The first kappa shape index (κ1) is 23.4. The number of likely N-dealkylation sites (tertiary alicyclic amines) is 1. The van der Waals surface area contributed by atoms with Crippen LogP contribution in [0.4, 0.5) is 10.5 Å². The van der Waals surface area contributed by atoms with Gasteiger partial charge in [-0.25, -0.2) is 4.79 Å². The molecule has 7 nitrogen and oxygen atoms in total. The third kappa shape index (κ3) is 6.62. The second kappa shape index (κ2) is 11.9. The van der Waals surface area contributed by atoms with E-state index in [9.17, 15) is 4.79 Å². The number of benzene rings is 2. The number of nitrogens with zero attached hydrogens (tertiary/aromatic N) is 2. The van der Waals surface area contributed by atoms with Gasteiger partial charge >= 0.3 is 6.09 Å². The number of ether oxygens (including phenoxy) is 4. The van der Waals surface area contributed by atoms with E-state index in [1.165, 1.54) is 0 Å². The summed E-state index contributed by atoms with van der Waals surface area (Å²) in [5, 5.41) is 0. The quantitative estimate of drug-likeness (QED) is 0.528. The van der Waals surface area contributed by atoms with Gasteiger partial charge in [0.25, 0.3) is 0 Å². The van der Waals surface area contributed by atoms with Crippen LogP contribution in [0.25, 0.3) is 0 Å². The number of rotatable bonds is 9. The average Bonchev–Trinajstić information content (AvgIpc) is 2.87. The highest BCUT2D eigenvalue weighted by molar-refractivity contribution is 5.67. The van der Waals surface area contributed by atoms with Crippen molar-refractivity contribution in [2.24, 2.45) is 0 Å². The maximum Gasteiger partial charge on any atom is 0.410 e. The maximum absolute atomic E-state index is 12.5. The summed E-state index contributed by atoms with van der Waals surface area (Å²) in [6.07, 6.45) is 2.57. The zero-order chi connectivity index (χ0) is 22.9. The highest BCUT2D eigenvalue weighted by atomic mass is 16.6. The Kier molecular flexibility index (Phi) is 8.44. The number of methoxy groups -OCH3 is 1. The summed E-state index contributed by atoms with van der Waals surface area (Å²) in [4.78, 5) is 16.6. The molecule has 0 aromatic heterocycles. The molecular formula is C26H34N2O5. The first-order valence-corrected chi connectivity index (χ1v) is 11.8. The van der Waals surface area contributed by atoms with Crippen LogP contribution in [0.2, 0.25) is 0 Å². The van der Waals surface area contributed by atoms with Crippen molar-refractivity contribution in [2.75, 3.05) is 51.4 Å². The minimum absolute atomic E-state index is 0.00751. The van der Waals surface area contributed by atoms with Crippen molar-refractivity contribution in [1.29, 1.82) is 0 Å². The van der Waals surface area contributed by atoms with E-state index < -0.39 is 0 Å². The Hall–Kier alpha value is -2.77. The van der Waals surface area contributed by atoms with Gasteiger partial charge in [-0.2, -0.15) is 0 Å². The zero-order valence-corrected chi connectivity index (χ0v) is 19.4. The van der Waals surface area contributed by atoms with Gasteiger partial charge in [0.1, 0.15) is 19.0 Å². The van der Waals surface area contributed by atoms with E-state index in [1.807, 2.05) is 36.4 Å². The minimum atomic E-state index is -0.273.